The number of hydrogen-bond acceptors (Lipinski definition) is 3. The van der Waals surface area contributed by atoms with Crippen molar-refractivity contribution in [2.75, 3.05) is 23.4 Å². The van der Waals surface area contributed by atoms with Gasteiger partial charge in [0.05, 0.1) is 5.56 Å². The van der Waals surface area contributed by atoms with E-state index in [9.17, 15) is 9.59 Å². The van der Waals surface area contributed by atoms with E-state index in [-0.39, 0.29) is 11.6 Å². The highest BCUT2D eigenvalue weighted by molar-refractivity contribution is 7.99. The van der Waals surface area contributed by atoms with Crippen LogP contribution in [0.2, 0.25) is 0 Å². The van der Waals surface area contributed by atoms with Gasteiger partial charge in [0.2, 0.25) is 0 Å². The minimum Gasteiger partial charge on any atom is -0.478 e. The Balaban J connectivity index is 1.90. The summed E-state index contributed by atoms with van der Waals surface area (Å²) in [6.07, 6.45) is 2.27. The van der Waals surface area contributed by atoms with E-state index in [1.807, 2.05) is 11.8 Å². The summed E-state index contributed by atoms with van der Waals surface area (Å²) >= 11 is 1.96. The average molecular weight is 308 g/mol. The fourth-order valence-electron chi connectivity index (χ4n) is 2.36. The van der Waals surface area contributed by atoms with Crippen LogP contribution in [0.4, 0.5) is 10.5 Å². The maximum absolute atomic E-state index is 11.9. The first kappa shape index (κ1) is 15.7. The molecule has 1 aromatic carbocycles. The van der Waals surface area contributed by atoms with Gasteiger partial charge in [-0.1, -0.05) is 6.07 Å². The molecule has 0 unspecified atom stereocenters. The summed E-state index contributed by atoms with van der Waals surface area (Å²) in [5.74, 6) is 1.88. The number of carbonyl (C=O) groups excluding carboxylic acids is 1. The highest BCUT2D eigenvalue weighted by Gasteiger charge is 2.15. The molecule has 0 aliphatic carbocycles. The highest BCUT2D eigenvalue weighted by Crippen LogP contribution is 2.22. The molecule has 5 nitrogen and oxygen atoms in total. The summed E-state index contributed by atoms with van der Waals surface area (Å²) in [5.41, 5.74) is 1.30. The number of aromatic carboxylic acids is 1. The number of amides is 2. The quantitative estimate of drug-likeness (QED) is 0.799. The third kappa shape index (κ3) is 4.39. The minimum absolute atomic E-state index is 0.206. The van der Waals surface area contributed by atoms with Gasteiger partial charge < -0.3 is 15.7 Å². The smallest absolute Gasteiger partial charge is 0.336 e. The van der Waals surface area contributed by atoms with Crippen LogP contribution >= 0.6 is 11.8 Å². The number of carbonyl (C=O) groups is 2. The molecular formula is C15H20N2O3S. The van der Waals surface area contributed by atoms with E-state index in [0.717, 1.165) is 24.3 Å². The number of rotatable bonds is 4. The maximum atomic E-state index is 11.9. The van der Waals surface area contributed by atoms with Gasteiger partial charge in [-0.25, -0.2) is 9.59 Å². The average Bonchev–Trinajstić information content (AvgIpc) is 2.48. The lowest BCUT2D eigenvalue weighted by atomic mass is 10.0. The Kier molecular flexibility index (Phi) is 5.50. The van der Waals surface area contributed by atoms with Gasteiger partial charge in [-0.15, -0.1) is 0 Å². The molecule has 2 amide bonds. The van der Waals surface area contributed by atoms with Crippen molar-refractivity contribution in [2.24, 2.45) is 5.92 Å². The third-order valence-electron chi connectivity index (χ3n) is 3.70. The molecule has 2 rings (SSSR count). The third-order valence-corrected chi connectivity index (χ3v) is 4.75. The molecular weight excluding hydrogens is 288 g/mol. The zero-order valence-electron chi connectivity index (χ0n) is 12.0. The fourth-order valence-corrected chi connectivity index (χ4v) is 3.56. The van der Waals surface area contributed by atoms with E-state index < -0.39 is 5.97 Å². The van der Waals surface area contributed by atoms with Gasteiger partial charge >= 0.3 is 12.0 Å². The highest BCUT2D eigenvalue weighted by atomic mass is 32.2. The first-order valence-electron chi connectivity index (χ1n) is 7.03. The SMILES string of the molecule is Cc1c(NC(=O)NCC2CCSCC2)cccc1C(=O)O. The number of benzene rings is 1. The van der Waals surface area contributed by atoms with Gasteiger partial charge in [0.25, 0.3) is 0 Å². The lowest BCUT2D eigenvalue weighted by Gasteiger charge is -2.21. The normalized spacial score (nSPS) is 15.5. The van der Waals surface area contributed by atoms with Crippen LogP contribution in [0.3, 0.4) is 0 Å². The molecule has 1 aliphatic rings. The predicted molar refractivity (Wildman–Crippen MR) is 85.2 cm³/mol. The lowest BCUT2D eigenvalue weighted by Crippen LogP contribution is -2.34. The van der Waals surface area contributed by atoms with E-state index in [0.29, 0.717) is 23.7 Å². The minimum atomic E-state index is -0.990. The van der Waals surface area contributed by atoms with Crippen LogP contribution in [0.25, 0.3) is 0 Å². The van der Waals surface area contributed by atoms with Gasteiger partial charge in [0.1, 0.15) is 0 Å². The van der Waals surface area contributed by atoms with E-state index in [4.69, 9.17) is 5.11 Å². The topological polar surface area (TPSA) is 78.4 Å². The molecule has 114 valence electrons. The van der Waals surface area contributed by atoms with Crippen molar-refractivity contribution >= 4 is 29.4 Å². The van der Waals surface area contributed by atoms with Gasteiger partial charge in [-0.3, -0.25) is 0 Å². The molecule has 1 aromatic rings. The Morgan fingerprint density at radius 2 is 2.05 bits per heavy atom. The summed E-state index contributed by atoms with van der Waals surface area (Å²) in [4.78, 5) is 23.0. The van der Waals surface area contributed by atoms with Gasteiger partial charge in [0.15, 0.2) is 0 Å². The van der Waals surface area contributed by atoms with E-state index >= 15 is 0 Å². The second-order valence-electron chi connectivity index (χ2n) is 5.17. The maximum Gasteiger partial charge on any atom is 0.336 e. The van der Waals surface area contributed by atoms with Crippen molar-refractivity contribution in [3.8, 4) is 0 Å². The van der Waals surface area contributed by atoms with Crippen molar-refractivity contribution in [1.29, 1.82) is 0 Å². The van der Waals surface area contributed by atoms with Crippen molar-refractivity contribution in [3.05, 3.63) is 29.3 Å². The lowest BCUT2D eigenvalue weighted by molar-refractivity contribution is 0.0696. The van der Waals surface area contributed by atoms with Gasteiger partial charge in [-0.05, 0) is 54.9 Å². The van der Waals surface area contributed by atoms with Crippen molar-refractivity contribution in [1.82, 2.24) is 5.32 Å². The van der Waals surface area contributed by atoms with Crippen LogP contribution in [-0.4, -0.2) is 35.2 Å². The summed E-state index contributed by atoms with van der Waals surface area (Å²) in [7, 11) is 0. The van der Waals surface area contributed by atoms with Crippen LogP contribution in [0, 0.1) is 12.8 Å². The Bertz CT molecular complexity index is 528. The molecule has 0 spiro atoms. The summed E-state index contributed by atoms with van der Waals surface area (Å²) < 4.78 is 0. The van der Waals surface area contributed by atoms with Crippen molar-refractivity contribution in [3.63, 3.8) is 0 Å². The number of carboxylic acid groups (broad SMARTS) is 1. The van der Waals surface area contributed by atoms with Gasteiger partial charge in [-0.2, -0.15) is 11.8 Å². The second-order valence-corrected chi connectivity index (χ2v) is 6.40. The van der Waals surface area contributed by atoms with Crippen molar-refractivity contribution < 1.29 is 14.7 Å². The molecule has 6 heteroatoms. The Hall–Kier alpha value is -1.69. The number of nitrogens with one attached hydrogen (secondary N) is 2. The predicted octanol–water partition coefficient (Wildman–Crippen LogP) is 2.96. The number of thioether (sulfide) groups is 1. The monoisotopic (exact) mass is 308 g/mol. The van der Waals surface area contributed by atoms with Gasteiger partial charge in [0, 0.05) is 12.2 Å². The Morgan fingerprint density at radius 3 is 2.71 bits per heavy atom. The first-order valence-corrected chi connectivity index (χ1v) is 8.19. The number of anilines is 1. The fraction of sp³-hybridized carbons (Fsp3) is 0.467. The molecule has 21 heavy (non-hydrogen) atoms. The molecule has 0 saturated carbocycles. The molecule has 3 N–H and O–H groups in total. The Morgan fingerprint density at radius 1 is 1.33 bits per heavy atom. The van der Waals surface area contributed by atoms with E-state index in [1.165, 1.54) is 6.07 Å². The van der Waals surface area contributed by atoms with Crippen LogP contribution in [-0.2, 0) is 0 Å². The largest absolute Gasteiger partial charge is 0.478 e. The molecule has 1 saturated heterocycles. The molecule has 0 atom stereocenters. The van der Waals surface area contributed by atoms with E-state index in [2.05, 4.69) is 10.6 Å². The number of urea groups is 1. The molecule has 1 fully saturated rings. The Labute approximate surface area is 128 Å². The molecule has 0 aromatic heterocycles. The van der Waals surface area contributed by atoms with Crippen LogP contribution < -0.4 is 10.6 Å². The summed E-state index contributed by atoms with van der Waals surface area (Å²) in [6.45, 7) is 2.36. The summed E-state index contributed by atoms with van der Waals surface area (Å²) in [5, 5.41) is 14.7. The van der Waals surface area contributed by atoms with E-state index in [1.54, 1.807) is 19.1 Å². The first-order chi connectivity index (χ1) is 10.1. The van der Waals surface area contributed by atoms with Crippen LogP contribution in [0.1, 0.15) is 28.8 Å². The summed E-state index contributed by atoms with van der Waals surface area (Å²) in [6, 6.07) is 4.59. The zero-order chi connectivity index (χ0) is 15.2. The standard InChI is InChI=1S/C15H20N2O3S/c1-10-12(14(18)19)3-2-4-13(10)17-15(20)16-9-11-5-7-21-8-6-11/h2-4,11H,5-9H2,1H3,(H,18,19)(H2,16,17,20). The zero-order valence-corrected chi connectivity index (χ0v) is 12.8. The molecule has 1 heterocycles. The van der Waals surface area contributed by atoms with Crippen molar-refractivity contribution in [2.45, 2.75) is 19.8 Å². The van der Waals surface area contributed by atoms with Crippen LogP contribution in [0.5, 0.6) is 0 Å². The number of carboxylic acids is 1. The number of hydrogen-bond donors (Lipinski definition) is 3. The molecule has 0 bridgehead atoms. The second kappa shape index (κ2) is 7.36. The molecule has 1 aliphatic heterocycles. The van der Waals surface area contributed by atoms with Crippen LogP contribution in [0.15, 0.2) is 18.2 Å². The molecule has 0 radical (unpaired) electrons.